The van der Waals surface area contributed by atoms with Gasteiger partial charge in [-0.25, -0.2) is 0 Å². The van der Waals surface area contributed by atoms with Crippen LogP contribution in [0.4, 0.5) is 5.69 Å². The molecule has 1 fully saturated rings. The zero-order valence-electron chi connectivity index (χ0n) is 11.9. The second-order valence-electron chi connectivity index (χ2n) is 6.14. The molecule has 3 heteroatoms. The lowest BCUT2D eigenvalue weighted by molar-refractivity contribution is -0.140. The number of anilines is 1. The first-order valence-electron chi connectivity index (χ1n) is 7.04. The van der Waals surface area contributed by atoms with Gasteiger partial charge in [0, 0.05) is 11.7 Å². The standard InChI is InChI=1S/C16H23NO2/c1-11(2)10-12(3)17-14-6-4-13(5-7-14)16(8-9-16)15(18)19/h4-7,11-12,17H,8-10H2,1-3H3,(H,18,19). The van der Waals surface area contributed by atoms with E-state index in [-0.39, 0.29) is 0 Å². The zero-order valence-corrected chi connectivity index (χ0v) is 11.9. The minimum Gasteiger partial charge on any atom is -0.481 e. The Morgan fingerprint density at radius 2 is 1.84 bits per heavy atom. The lowest BCUT2D eigenvalue weighted by Crippen LogP contribution is -2.20. The molecule has 3 nitrogen and oxygen atoms in total. The number of benzene rings is 1. The quantitative estimate of drug-likeness (QED) is 0.821. The molecular formula is C16H23NO2. The summed E-state index contributed by atoms with van der Waals surface area (Å²) in [6, 6.07) is 8.32. The fourth-order valence-corrected chi connectivity index (χ4v) is 2.69. The van der Waals surface area contributed by atoms with Crippen molar-refractivity contribution in [2.24, 2.45) is 5.92 Å². The largest absolute Gasteiger partial charge is 0.481 e. The molecule has 0 amide bonds. The first-order valence-corrected chi connectivity index (χ1v) is 7.04. The summed E-state index contributed by atoms with van der Waals surface area (Å²) in [6.07, 6.45) is 2.65. The van der Waals surface area contributed by atoms with Crippen LogP contribution in [-0.2, 0) is 10.2 Å². The van der Waals surface area contributed by atoms with Gasteiger partial charge in [-0.15, -0.1) is 0 Å². The first kappa shape index (κ1) is 13.9. The molecule has 1 aromatic rings. The van der Waals surface area contributed by atoms with Crippen LogP contribution in [0.25, 0.3) is 0 Å². The summed E-state index contributed by atoms with van der Waals surface area (Å²) in [4.78, 5) is 11.3. The molecular weight excluding hydrogens is 238 g/mol. The molecule has 0 spiro atoms. The molecule has 2 N–H and O–H groups in total. The van der Waals surface area contributed by atoms with Gasteiger partial charge in [-0.05, 0) is 49.8 Å². The third-order valence-electron chi connectivity index (χ3n) is 3.83. The maximum absolute atomic E-state index is 11.3. The molecule has 1 unspecified atom stereocenters. The van der Waals surface area contributed by atoms with Crippen LogP contribution in [0.5, 0.6) is 0 Å². The van der Waals surface area contributed by atoms with E-state index < -0.39 is 11.4 Å². The number of carbonyl (C=O) groups is 1. The average molecular weight is 261 g/mol. The van der Waals surface area contributed by atoms with Gasteiger partial charge in [-0.1, -0.05) is 26.0 Å². The molecule has 19 heavy (non-hydrogen) atoms. The van der Waals surface area contributed by atoms with Gasteiger partial charge in [0.1, 0.15) is 0 Å². The van der Waals surface area contributed by atoms with Crippen molar-refractivity contribution in [1.29, 1.82) is 0 Å². The Morgan fingerprint density at radius 1 is 1.26 bits per heavy atom. The van der Waals surface area contributed by atoms with E-state index in [1.807, 2.05) is 24.3 Å². The minimum atomic E-state index is -0.693. The van der Waals surface area contributed by atoms with Crippen molar-refractivity contribution in [2.75, 3.05) is 5.32 Å². The second kappa shape index (κ2) is 5.24. The Labute approximate surface area is 115 Å². The average Bonchev–Trinajstić information content (AvgIpc) is 3.09. The highest BCUT2D eigenvalue weighted by Crippen LogP contribution is 2.48. The summed E-state index contributed by atoms with van der Waals surface area (Å²) < 4.78 is 0. The van der Waals surface area contributed by atoms with Gasteiger partial charge in [0.15, 0.2) is 0 Å². The number of aliphatic carboxylic acids is 1. The monoisotopic (exact) mass is 261 g/mol. The van der Waals surface area contributed by atoms with Crippen LogP contribution < -0.4 is 5.32 Å². The Balaban J connectivity index is 2.01. The SMILES string of the molecule is CC(C)CC(C)Nc1ccc(C2(C(=O)O)CC2)cc1. The van der Waals surface area contributed by atoms with E-state index in [1.165, 1.54) is 0 Å². The third kappa shape index (κ3) is 3.09. The van der Waals surface area contributed by atoms with Gasteiger partial charge in [0.25, 0.3) is 0 Å². The van der Waals surface area contributed by atoms with Crippen LogP contribution in [0, 0.1) is 5.92 Å². The van der Waals surface area contributed by atoms with E-state index in [2.05, 4.69) is 26.1 Å². The molecule has 0 radical (unpaired) electrons. The Morgan fingerprint density at radius 3 is 2.26 bits per heavy atom. The maximum Gasteiger partial charge on any atom is 0.314 e. The van der Waals surface area contributed by atoms with Crippen LogP contribution >= 0.6 is 0 Å². The summed E-state index contributed by atoms with van der Waals surface area (Å²) in [5.74, 6) is -0.0232. The number of rotatable bonds is 6. The van der Waals surface area contributed by atoms with Crippen molar-refractivity contribution < 1.29 is 9.90 Å². The van der Waals surface area contributed by atoms with E-state index >= 15 is 0 Å². The smallest absolute Gasteiger partial charge is 0.314 e. The van der Waals surface area contributed by atoms with Gasteiger partial charge in [0.05, 0.1) is 5.41 Å². The Hall–Kier alpha value is -1.51. The second-order valence-corrected chi connectivity index (χ2v) is 6.14. The molecule has 1 saturated carbocycles. The van der Waals surface area contributed by atoms with Gasteiger partial charge in [-0.3, -0.25) is 4.79 Å². The van der Waals surface area contributed by atoms with Crippen molar-refractivity contribution in [3.05, 3.63) is 29.8 Å². The molecule has 0 bridgehead atoms. The predicted octanol–water partition coefficient (Wildman–Crippen LogP) is 3.65. The molecule has 0 aromatic heterocycles. The molecule has 1 aliphatic carbocycles. The van der Waals surface area contributed by atoms with Crippen LogP contribution in [0.2, 0.25) is 0 Å². The lowest BCUT2D eigenvalue weighted by Gasteiger charge is -2.18. The number of hydrogen-bond acceptors (Lipinski definition) is 2. The molecule has 1 aromatic carbocycles. The summed E-state index contributed by atoms with van der Waals surface area (Å²) in [6.45, 7) is 6.60. The van der Waals surface area contributed by atoms with E-state index in [9.17, 15) is 9.90 Å². The Kier molecular flexibility index (Phi) is 3.83. The minimum absolute atomic E-state index is 0.431. The molecule has 2 rings (SSSR count). The van der Waals surface area contributed by atoms with Gasteiger partial charge in [-0.2, -0.15) is 0 Å². The van der Waals surface area contributed by atoms with Gasteiger partial charge >= 0.3 is 5.97 Å². The van der Waals surface area contributed by atoms with Crippen molar-refractivity contribution >= 4 is 11.7 Å². The van der Waals surface area contributed by atoms with Crippen LogP contribution in [0.3, 0.4) is 0 Å². The molecule has 0 aliphatic heterocycles. The molecule has 1 aliphatic rings. The number of carboxylic acid groups (broad SMARTS) is 1. The Bertz CT molecular complexity index is 446. The van der Waals surface area contributed by atoms with Crippen molar-refractivity contribution in [2.45, 2.75) is 51.5 Å². The highest BCUT2D eigenvalue weighted by atomic mass is 16.4. The summed E-state index contributed by atoms with van der Waals surface area (Å²) in [7, 11) is 0. The topological polar surface area (TPSA) is 49.3 Å². The van der Waals surface area contributed by atoms with E-state index in [0.29, 0.717) is 12.0 Å². The number of carboxylic acids is 1. The maximum atomic E-state index is 11.3. The van der Waals surface area contributed by atoms with Crippen molar-refractivity contribution in [3.63, 3.8) is 0 Å². The summed E-state index contributed by atoms with van der Waals surface area (Å²) in [5, 5.41) is 12.7. The fraction of sp³-hybridized carbons (Fsp3) is 0.562. The van der Waals surface area contributed by atoms with Crippen molar-refractivity contribution in [1.82, 2.24) is 0 Å². The lowest BCUT2D eigenvalue weighted by atomic mass is 9.96. The summed E-state index contributed by atoms with van der Waals surface area (Å²) in [5.41, 5.74) is 1.40. The van der Waals surface area contributed by atoms with Crippen LogP contribution in [0.1, 0.15) is 45.6 Å². The van der Waals surface area contributed by atoms with E-state index in [4.69, 9.17) is 0 Å². The van der Waals surface area contributed by atoms with Gasteiger partial charge in [0.2, 0.25) is 0 Å². The number of nitrogens with one attached hydrogen (secondary N) is 1. The molecule has 1 atom stereocenters. The van der Waals surface area contributed by atoms with Crippen LogP contribution in [-0.4, -0.2) is 17.1 Å². The van der Waals surface area contributed by atoms with Gasteiger partial charge < -0.3 is 10.4 Å². The third-order valence-corrected chi connectivity index (χ3v) is 3.83. The zero-order chi connectivity index (χ0) is 14.0. The summed E-state index contributed by atoms with van der Waals surface area (Å²) >= 11 is 0. The van der Waals surface area contributed by atoms with Crippen molar-refractivity contribution in [3.8, 4) is 0 Å². The predicted molar refractivity (Wildman–Crippen MR) is 77.5 cm³/mol. The van der Waals surface area contributed by atoms with E-state index in [1.54, 1.807) is 0 Å². The molecule has 104 valence electrons. The normalized spacial score (nSPS) is 18.1. The first-order chi connectivity index (χ1) is 8.94. The highest BCUT2D eigenvalue weighted by Gasteiger charge is 2.51. The van der Waals surface area contributed by atoms with E-state index in [0.717, 1.165) is 30.5 Å². The molecule has 0 saturated heterocycles. The molecule has 0 heterocycles. The fourth-order valence-electron chi connectivity index (χ4n) is 2.69. The number of hydrogen-bond donors (Lipinski definition) is 2. The highest BCUT2D eigenvalue weighted by molar-refractivity contribution is 5.85. The van der Waals surface area contributed by atoms with Crippen LogP contribution in [0.15, 0.2) is 24.3 Å².